The summed E-state index contributed by atoms with van der Waals surface area (Å²) in [6.07, 6.45) is 0. The number of fused-ring (bicyclic) bond motifs is 1. The molecule has 1 amide bonds. The number of piperazine rings is 1. The van der Waals surface area contributed by atoms with Crippen molar-refractivity contribution in [3.63, 3.8) is 0 Å². The van der Waals surface area contributed by atoms with Crippen molar-refractivity contribution in [1.82, 2.24) is 4.90 Å². The molecule has 2 aliphatic heterocycles. The molecule has 0 aliphatic carbocycles. The van der Waals surface area contributed by atoms with Crippen LogP contribution >= 0.6 is 11.6 Å². The molecule has 0 atom stereocenters. The molecule has 28 heavy (non-hydrogen) atoms. The third kappa shape index (κ3) is 3.45. The van der Waals surface area contributed by atoms with Crippen molar-refractivity contribution >= 4 is 34.7 Å². The topological polar surface area (TPSA) is 53.1 Å². The summed E-state index contributed by atoms with van der Waals surface area (Å²) in [5.74, 6) is -0.0762. The second-order valence-corrected chi connectivity index (χ2v) is 7.31. The SMILES string of the molecule is CCOc1ccccc1N1CCN(CN2C(=O)C(=O)c3cc(Cl)ccc32)CC1. The Kier molecular flexibility index (Phi) is 5.24. The summed E-state index contributed by atoms with van der Waals surface area (Å²) >= 11 is 5.98. The number of benzene rings is 2. The molecule has 6 nitrogen and oxygen atoms in total. The van der Waals surface area contributed by atoms with Crippen LogP contribution in [0.15, 0.2) is 42.5 Å². The predicted octanol–water partition coefficient (Wildman–Crippen LogP) is 3.05. The fourth-order valence-electron chi connectivity index (χ4n) is 3.74. The highest BCUT2D eigenvalue weighted by molar-refractivity contribution is 6.52. The molecule has 146 valence electrons. The Morgan fingerprint density at radius 3 is 2.50 bits per heavy atom. The number of halogens is 1. The predicted molar refractivity (Wildman–Crippen MR) is 110 cm³/mol. The largest absolute Gasteiger partial charge is 0.492 e. The molecule has 1 fully saturated rings. The summed E-state index contributed by atoms with van der Waals surface area (Å²) < 4.78 is 5.74. The van der Waals surface area contributed by atoms with E-state index >= 15 is 0 Å². The average molecular weight is 400 g/mol. The van der Waals surface area contributed by atoms with E-state index in [9.17, 15) is 9.59 Å². The number of hydrogen-bond acceptors (Lipinski definition) is 5. The van der Waals surface area contributed by atoms with Crippen LogP contribution < -0.4 is 14.5 Å². The maximum Gasteiger partial charge on any atom is 0.300 e. The number of ether oxygens (including phenoxy) is 1. The van der Waals surface area contributed by atoms with E-state index in [0.29, 0.717) is 29.5 Å². The molecule has 0 N–H and O–H groups in total. The number of nitrogens with zero attached hydrogens (tertiary/aromatic N) is 3. The Morgan fingerprint density at radius 2 is 1.75 bits per heavy atom. The highest BCUT2D eigenvalue weighted by atomic mass is 35.5. The van der Waals surface area contributed by atoms with Gasteiger partial charge in [0.2, 0.25) is 0 Å². The minimum atomic E-state index is -0.485. The van der Waals surface area contributed by atoms with Gasteiger partial charge in [-0.2, -0.15) is 0 Å². The van der Waals surface area contributed by atoms with Gasteiger partial charge >= 0.3 is 5.91 Å². The number of hydrogen-bond donors (Lipinski definition) is 0. The number of anilines is 2. The van der Waals surface area contributed by atoms with Gasteiger partial charge in [0.1, 0.15) is 5.75 Å². The minimum Gasteiger partial charge on any atom is -0.492 e. The summed E-state index contributed by atoms with van der Waals surface area (Å²) in [6.45, 7) is 6.25. The molecular formula is C21H22ClN3O3. The van der Waals surface area contributed by atoms with Crippen molar-refractivity contribution < 1.29 is 14.3 Å². The lowest BCUT2D eigenvalue weighted by atomic mass is 10.1. The molecule has 2 aromatic rings. The van der Waals surface area contributed by atoms with E-state index < -0.39 is 11.7 Å². The number of rotatable bonds is 5. The zero-order valence-electron chi connectivity index (χ0n) is 15.7. The third-order valence-corrected chi connectivity index (χ3v) is 5.39. The molecule has 0 bridgehead atoms. The van der Waals surface area contributed by atoms with Gasteiger partial charge in [-0.25, -0.2) is 0 Å². The second kappa shape index (κ2) is 7.81. The Labute approximate surface area is 169 Å². The van der Waals surface area contributed by atoms with Crippen molar-refractivity contribution in [2.45, 2.75) is 6.92 Å². The van der Waals surface area contributed by atoms with Gasteiger partial charge in [-0.3, -0.25) is 19.4 Å². The standard InChI is InChI=1S/C21H22ClN3O3/c1-2-28-19-6-4-3-5-18(19)24-11-9-23(10-12-24)14-25-17-8-7-15(22)13-16(17)20(26)21(25)27/h3-8,13H,2,9-12,14H2,1H3. The zero-order chi connectivity index (χ0) is 19.7. The number of carbonyl (C=O) groups is 2. The summed E-state index contributed by atoms with van der Waals surface area (Å²) in [6, 6.07) is 13.1. The van der Waals surface area contributed by atoms with E-state index in [2.05, 4.69) is 15.9 Å². The number of carbonyl (C=O) groups excluding carboxylic acids is 2. The lowest BCUT2D eigenvalue weighted by molar-refractivity contribution is -0.114. The van der Waals surface area contributed by atoms with Crippen molar-refractivity contribution in [2.24, 2.45) is 0 Å². The minimum absolute atomic E-state index is 0.391. The van der Waals surface area contributed by atoms with Gasteiger partial charge in [0.25, 0.3) is 5.78 Å². The molecule has 0 unspecified atom stereocenters. The van der Waals surface area contributed by atoms with E-state index in [-0.39, 0.29) is 0 Å². The first-order chi connectivity index (χ1) is 13.6. The molecule has 2 aromatic carbocycles. The second-order valence-electron chi connectivity index (χ2n) is 6.87. The first-order valence-electron chi connectivity index (χ1n) is 9.43. The fourth-order valence-corrected chi connectivity index (χ4v) is 3.91. The van der Waals surface area contributed by atoms with Crippen molar-refractivity contribution in [1.29, 1.82) is 0 Å². The van der Waals surface area contributed by atoms with Gasteiger partial charge < -0.3 is 9.64 Å². The van der Waals surface area contributed by atoms with Gasteiger partial charge in [0, 0.05) is 31.2 Å². The molecule has 0 aromatic heterocycles. The van der Waals surface area contributed by atoms with E-state index in [1.54, 1.807) is 23.1 Å². The Balaban J connectivity index is 1.43. The van der Waals surface area contributed by atoms with Crippen molar-refractivity contribution in [3.8, 4) is 5.75 Å². The van der Waals surface area contributed by atoms with Crippen LogP contribution in [0.5, 0.6) is 5.75 Å². The average Bonchev–Trinajstić information content (AvgIpc) is 2.94. The highest BCUT2D eigenvalue weighted by Crippen LogP contribution is 2.32. The van der Waals surface area contributed by atoms with Gasteiger partial charge in [0.05, 0.1) is 30.2 Å². The van der Waals surface area contributed by atoms with Crippen LogP contribution in [0.25, 0.3) is 0 Å². The van der Waals surface area contributed by atoms with Crippen molar-refractivity contribution in [2.75, 3.05) is 49.3 Å². The van der Waals surface area contributed by atoms with Crippen LogP contribution in [0.3, 0.4) is 0 Å². The quantitative estimate of drug-likeness (QED) is 0.723. The maximum absolute atomic E-state index is 12.4. The van der Waals surface area contributed by atoms with Gasteiger partial charge in [-0.15, -0.1) is 0 Å². The molecule has 2 heterocycles. The molecule has 0 radical (unpaired) electrons. The molecule has 0 spiro atoms. The van der Waals surface area contributed by atoms with Gasteiger partial charge in [0.15, 0.2) is 0 Å². The number of ketones is 1. The molecule has 0 saturated carbocycles. The highest BCUT2D eigenvalue weighted by Gasteiger charge is 2.37. The summed E-state index contributed by atoms with van der Waals surface area (Å²) in [4.78, 5) is 30.7. The smallest absolute Gasteiger partial charge is 0.300 e. The first-order valence-corrected chi connectivity index (χ1v) is 9.81. The molecule has 4 rings (SSSR count). The van der Waals surface area contributed by atoms with Crippen LogP contribution in [0.1, 0.15) is 17.3 Å². The lowest BCUT2D eigenvalue weighted by Crippen LogP contribution is -2.51. The van der Waals surface area contributed by atoms with Gasteiger partial charge in [-0.1, -0.05) is 23.7 Å². The molecule has 1 saturated heterocycles. The van der Waals surface area contributed by atoms with Crippen LogP contribution in [0.4, 0.5) is 11.4 Å². The third-order valence-electron chi connectivity index (χ3n) is 5.15. The maximum atomic E-state index is 12.4. The summed E-state index contributed by atoms with van der Waals surface area (Å²) in [5, 5.41) is 0.461. The number of Topliss-reactive ketones (excluding diaryl/α,β-unsaturated/α-hetero) is 1. The number of amides is 1. The van der Waals surface area contributed by atoms with Crippen LogP contribution in [-0.2, 0) is 4.79 Å². The van der Waals surface area contributed by atoms with E-state index in [4.69, 9.17) is 16.3 Å². The Morgan fingerprint density at radius 1 is 1.00 bits per heavy atom. The van der Waals surface area contributed by atoms with Gasteiger partial charge in [-0.05, 0) is 37.3 Å². The monoisotopic (exact) mass is 399 g/mol. The molecular weight excluding hydrogens is 378 g/mol. The summed E-state index contributed by atoms with van der Waals surface area (Å²) in [7, 11) is 0. The Hall–Kier alpha value is -2.57. The van der Waals surface area contributed by atoms with Crippen LogP contribution in [0, 0.1) is 0 Å². The lowest BCUT2D eigenvalue weighted by Gasteiger charge is -2.38. The van der Waals surface area contributed by atoms with E-state index in [0.717, 1.165) is 37.6 Å². The molecule has 2 aliphatic rings. The Bertz CT molecular complexity index is 910. The number of para-hydroxylation sites is 2. The van der Waals surface area contributed by atoms with E-state index in [1.165, 1.54) is 0 Å². The molecule has 7 heteroatoms. The zero-order valence-corrected chi connectivity index (χ0v) is 16.5. The fraction of sp³-hybridized carbons (Fsp3) is 0.333. The van der Waals surface area contributed by atoms with Crippen LogP contribution in [0.2, 0.25) is 5.02 Å². The normalized spacial score (nSPS) is 17.2. The van der Waals surface area contributed by atoms with Crippen LogP contribution in [-0.4, -0.2) is 56.0 Å². The summed E-state index contributed by atoms with van der Waals surface area (Å²) in [5.41, 5.74) is 2.13. The van der Waals surface area contributed by atoms with Crippen molar-refractivity contribution in [3.05, 3.63) is 53.1 Å². The first kappa shape index (κ1) is 18.8. The van der Waals surface area contributed by atoms with E-state index in [1.807, 2.05) is 25.1 Å².